The first kappa shape index (κ1) is 24.7. The van der Waals surface area contributed by atoms with Gasteiger partial charge < -0.3 is 29.9 Å². The molecule has 2 aliphatic heterocycles. The van der Waals surface area contributed by atoms with Gasteiger partial charge in [0.15, 0.2) is 0 Å². The van der Waals surface area contributed by atoms with Crippen molar-refractivity contribution in [2.45, 2.75) is 18.9 Å². The number of urea groups is 1. The lowest BCUT2D eigenvalue weighted by Crippen LogP contribution is -2.47. The number of nitrogens with zero attached hydrogens (tertiary/aromatic N) is 3. The van der Waals surface area contributed by atoms with Gasteiger partial charge in [-0.05, 0) is 61.5 Å². The number of piperazine rings is 1. The summed E-state index contributed by atoms with van der Waals surface area (Å²) in [6.45, 7) is 6.00. The second kappa shape index (κ2) is 11.8. The normalized spacial score (nSPS) is 18.5. The minimum atomic E-state index is -0.219. The van der Waals surface area contributed by atoms with Gasteiger partial charge in [0.1, 0.15) is 11.5 Å². The van der Waals surface area contributed by atoms with Crippen LogP contribution in [0.15, 0.2) is 48.5 Å². The van der Waals surface area contributed by atoms with Crippen molar-refractivity contribution in [1.82, 2.24) is 15.5 Å². The summed E-state index contributed by atoms with van der Waals surface area (Å²) in [4.78, 5) is 31.3. The van der Waals surface area contributed by atoms with Crippen LogP contribution >= 0.6 is 0 Å². The van der Waals surface area contributed by atoms with Crippen LogP contribution in [-0.4, -0.2) is 82.9 Å². The molecule has 1 unspecified atom stereocenters. The van der Waals surface area contributed by atoms with Crippen LogP contribution in [0.5, 0.6) is 11.5 Å². The van der Waals surface area contributed by atoms with Gasteiger partial charge in [-0.15, -0.1) is 0 Å². The van der Waals surface area contributed by atoms with Gasteiger partial charge in [-0.2, -0.15) is 0 Å². The molecule has 35 heavy (non-hydrogen) atoms. The highest BCUT2D eigenvalue weighted by Crippen LogP contribution is 2.24. The quantitative estimate of drug-likeness (QED) is 0.535. The van der Waals surface area contributed by atoms with E-state index in [0.29, 0.717) is 19.5 Å². The summed E-state index contributed by atoms with van der Waals surface area (Å²) in [5.74, 6) is 1.63. The average molecular weight is 482 g/mol. The number of amides is 3. The molecule has 1 atom stereocenters. The molecule has 9 heteroatoms. The van der Waals surface area contributed by atoms with Crippen molar-refractivity contribution in [2.75, 3.05) is 69.8 Å². The summed E-state index contributed by atoms with van der Waals surface area (Å²) in [6.07, 6.45) is 1.19. The molecule has 2 N–H and O–H groups in total. The van der Waals surface area contributed by atoms with Gasteiger partial charge in [0.05, 0.1) is 20.3 Å². The summed E-state index contributed by atoms with van der Waals surface area (Å²) >= 11 is 0. The SMILES string of the molecule is COc1ccc(N2CCN(CCCNC(=O)NC3CC(=O)N(c4ccc(OC)cc4)C3)CC2)cc1. The van der Waals surface area contributed by atoms with E-state index in [0.717, 1.165) is 56.3 Å². The van der Waals surface area contributed by atoms with Crippen molar-refractivity contribution in [3.05, 3.63) is 48.5 Å². The topological polar surface area (TPSA) is 86.4 Å². The smallest absolute Gasteiger partial charge is 0.315 e. The van der Waals surface area contributed by atoms with Crippen LogP contribution in [0, 0.1) is 0 Å². The number of benzene rings is 2. The Bertz CT molecular complexity index is 974. The van der Waals surface area contributed by atoms with E-state index >= 15 is 0 Å². The van der Waals surface area contributed by atoms with Crippen LogP contribution in [0.25, 0.3) is 0 Å². The molecule has 9 nitrogen and oxygen atoms in total. The first-order chi connectivity index (χ1) is 17.1. The van der Waals surface area contributed by atoms with Crippen molar-refractivity contribution in [3.63, 3.8) is 0 Å². The second-order valence-corrected chi connectivity index (χ2v) is 8.88. The van der Waals surface area contributed by atoms with Crippen molar-refractivity contribution in [1.29, 1.82) is 0 Å². The van der Waals surface area contributed by atoms with Crippen LogP contribution in [0.1, 0.15) is 12.8 Å². The summed E-state index contributed by atoms with van der Waals surface area (Å²) in [6, 6.07) is 15.2. The van der Waals surface area contributed by atoms with E-state index in [1.54, 1.807) is 19.1 Å². The van der Waals surface area contributed by atoms with Crippen LogP contribution in [0.2, 0.25) is 0 Å². The monoisotopic (exact) mass is 481 g/mol. The molecule has 0 saturated carbocycles. The Morgan fingerprint density at radius 1 is 0.914 bits per heavy atom. The van der Waals surface area contributed by atoms with E-state index in [9.17, 15) is 9.59 Å². The lowest BCUT2D eigenvalue weighted by Gasteiger charge is -2.36. The fourth-order valence-electron chi connectivity index (χ4n) is 4.58. The predicted molar refractivity (Wildman–Crippen MR) is 137 cm³/mol. The molecule has 2 fully saturated rings. The maximum atomic E-state index is 12.4. The zero-order valence-corrected chi connectivity index (χ0v) is 20.5. The van der Waals surface area contributed by atoms with Crippen molar-refractivity contribution < 1.29 is 19.1 Å². The van der Waals surface area contributed by atoms with Gasteiger partial charge in [-0.1, -0.05) is 0 Å². The van der Waals surface area contributed by atoms with Crippen molar-refractivity contribution in [3.8, 4) is 11.5 Å². The zero-order chi connectivity index (χ0) is 24.6. The van der Waals surface area contributed by atoms with Crippen LogP contribution in [0.4, 0.5) is 16.2 Å². The minimum absolute atomic E-state index is 0.00856. The lowest BCUT2D eigenvalue weighted by atomic mass is 10.2. The number of hydrogen-bond acceptors (Lipinski definition) is 6. The molecule has 2 saturated heterocycles. The number of carbonyl (C=O) groups excluding carboxylic acids is 2. The number of methoxy groups -OCH3 is 2. The Labute approximate surface area is 207 Å². The first-order valence-electron chi connectivity index (χ1n) is 12.2. The standard InChI is InChI=1S/C26H35N5O4/c1-34-23-8-4-21(5-9-23)30-16-14-29(15-17-30)13-3-12-27-26(33)28-20-18-25(32)31(19-20)22-6-10-24(35-2)11-7-22/h4-11,20H,3,12-19H2,1-2H3,(H2,27,28,33). The van der Waals surface area contributed by atoms with Gasteiger partial charge in [0, 0.05) is 57.1 Å². The van der Waals surface area contributed by atoms with Gasteiger partial charge in [-0.25, -0.2) is 4.79 Å². The molecule has 3 amide bonds. The van der Waals surface area contributed by atoms with Gasteiger partial charge in [0.2, 0.25) is 5.91 Å². The van der Waals surface area contributed by atoms with E-state index in [4.69, 9.17) is 9.47 Å². The van der Waals surface area contributed by atoms with Gasteiger partial charge in [0.25, 0.3) is 0 Å². The molecule has 2 aromatic carbocycles. The Balaban J connectivity index is 1.11. The number of anilines is 2. The highest BCUT2D eigenvalue weighted by Gasteiger charge is 2.31. The third-order valence-electron chi connectivity index (χ3n) is 6.59. The van der Waals surface area contributed by atoms with Gasteiger partial charge in [-0.3, -0.25) is 9.69 Å². The Morgan fingerprint density at radius 2 is 1.51 bits per heavy atom. The molecular weight excluding hydrogens is 446 g/mol. The molecule has 0 spiro atoms. The van der Waals surface area contributed by atoms with Crippen LogP contribution in [-0.2, 0) is 4.79 Å². The molecule has 4 rings (SSSR count). The first-order valence-corrected chi connectivity index (χ1v) is 12.2. The van der Waals surface area contributed by atoms with E-state index < -0.39 is 0 Å². The summed E-state index contributed by atoms with van der Waals surface area (Å²) < 4.78 is 10.4. The van der Waals surface area contributed by atoms with Crippen LogP contribution < -0.4 is 29.9 Å². The van der Waals surface area contributed by atoms with Crippen LogP contribution in [0.3, 0.4) is 0 Å². The Hall–Kier alpha value is -3.46. The fourth-order valence-corrected chi connectivity index (χ4v) is 4.58. The van der Waals surface area contributed by atoms with E-state index in [1.165, 1.54) is 5.69 Å². The molecule has 0 bridgehead atoms. The lowest BCUT2D eigenvalue weighted by molar-refractivity contribution is -0.117. The zero-order valence-electron chi connectivity index (χ0n) is 20.5. The van der Waals surface area contributed by atoms with E-state index in [2.05, 4.69) is 32.6 Å². The van der Waals surface area contributed by atoms with E-state index in [-0.39, 0.29) is 18.0 Å². The largest absolute Gasteiger partial charge is 0.497 e. The average Bonchev–Trinajstić information content (AvgIpc) is 3.26. The van der Waals surface area contributed by atoms with Gasteiger partial charge >= 0.3 is 6.03 Å². The predicted octanol–water partition coefficient (Wildman–Crippen LogP) is 2.32. The maximum Gasteiger partial charge on any atom is 0.315 e. The number of ether oxygens (including phenoxy) is 2. The summed E-state index contributed by atoms with van der Waals surface area (Å²) in [5, 5.41) is 5.87. The molecular formula is C26H35N5O4. The minimum Gasteiger partial charge on any atom is -0.497 e. The Kier molecular flexibility index (Phi) is 8.31. The molecule has 188 valence electrons. The fraction of sp³-hybridized carbons (Fsp3) is 0.462. The highest BCUT2D eigenvalue weighted by molar-refractivity contribution is 5.96. The maximum absolute atomic E-state index is 12.4. The highest BCUT2D eigenvalue weighted by atomic mass is 16.5. The number of nitrogens with one attached hydrogen (secondary N) is 2. The van der Waals surface area contributed by atoms with E-state index in [1.807, 2.05) is 36.4 Å². The third-order valence-corrected chi connectivity index (χ3v) is 6.59. The Morgan fingerprint density at radius 3 is 2.11 bits per heavy atom. The van der Waals surface area contributed by atoms with Crippen molar-refractivity contribution in [2.24, 2.45) is 0 Å². The van der Waals surface area contributed by atoms with Crippen molar-refractivity contribution >= 4 is 23.3 Å². The molecule has 2 aromatic rings. The third kappa shape index (κ3) is 6.57. The molecule has 0 radical (unpaired) electrons. The number of carbonyl (C=O) groups is 2. The second-order valence-electron chi connectivity index (χ2n) is 8.88. The molecule has 0 aromatic heterocycles. The molecule has 0 aliphatic carbocycles. The molecule has 2 aliphatic rings. The number of hydrogen-bond donors (Lipinski definition) is 2. The number of rotatable bonds is 9. The summed E-state index contributed by atoms with van der Waals surface area (Å²) in [5.41, 5.74) is 2.03. The summed E-state index contributed by atoms with van der Waals surface area (Å²) in [7, 11) is 3.29. The molecule has 2 heterocycles.